The van der Waals surface area contributed by atoms with Gasteiger partial charge in [0.15, 0.2) is 5.84 Å². The summed E-state index contributed by atoms with van der Waals surface area (Å²) in [6, 6.07) is 4.08. The van der Waals surface area contributed by atoms with Crippen molar-refractivity contribution in [1.82, 2.24) is 15.6 Å². The molecule has 0 radical (unpaired) electrons. The van der Waals surface area contributed by atoms with Crippen LogP contribution in [-0.4, -0.2) is 22.5 Å². The van der Waals surface area contributed by atoms with Crippen molar-refractivity contribution in [2.45, 2.75) is 57.4 Å². The summed E-state index contributed by atoms with van der Waals surface area (Å²) in [5, 5.41) is 6.56. The summed E-state index contributed by atoms with van der Waals surface area (Å²) < 4.78 is 39.3. The fraction of sp³-hybridized carbons (Fsp3) is 0.600. The van der Waals surface area contributed by atoms with E-state index < -0.39 is 17.5 Å². The molecule has 3 aliphatic rings. The van der Waals surface area contributed by atoms with Crippen LogP contribution in [0, 0.1) is 17.8 Å². The van der Waals surface area contributed by atoms with Crippen LogP contribution in [0.15, 0.2) is 35.1 Å². The second kappa shape index (κ2) is 6.76. The van der Waals surface area contributed by atoms with Crippen molar-refractivity contribution in [2.24, 2.45) is 28.5 Å². The van der Waals surface area contributed by atoms with Crippen molar-refractivity contribution in [2.75, 3.05) is 0 Å². The fourth-order valence-electron chi connectivity index (χ4n) is 3.74. The number of nitrogens with zero attached hydrogens (tertiary/aromatic N) is 2. The minimum Gasteiger partial charge on any atom is -0.369 e. The molecule has 0 saturated heterocycles. The van der Waals surface area contributed by atoms with E-state index in [1.807, 2.05) is 6.08 Å². The Bertz CT molecular complexity index is 810. The molecule has 1 unspecified atom stereocenters. The van der Waals surface area contributed by atoms with Crippen LogP contribution >= 0.6 is 0 Å². The first-order valence-corrected chi connectivity index (χ1v) is 9.85. The van der Waals surface area contributed by atoms with E-state index in [9.17, 15) is 13.2 Å². The van der Waals surface area contributed by atoms with Gasteiger partial charge in [0, 0.05) is 12.0 Å². The average Bonchev–Trinajstić information content (AvgIpc) is 3.53. The monoisotopic (exact) mass is 393 g/mol. The van der Waals surface area contributed by atoms with Crippen molar-refractivity contribution in [3.63, 3.8) is 0 Å². The molecule has 4 N–H and O–H groups in total. The lowest BCUT2D eigenvalue weighted by Crippen LogP contribution is -2.52. The molecule has 0 spiro atoms. The number of amidine groups is 1. The second-order valence-electron chi connectivity index (χ2n) is 8.33. The maximum absolute atomic E-state index is 13.1. The highest BCUT2D eigenvalue weighted by molar-refractivity contribution is 5.99. The largest absolute Gasteiger partial charge is 0.433 e. The number of aromatic nitrogens is 1. The van der Waals surface area contributed by atoms with Gasteiger partial charge in [-0.2, -0.15) is 13.2 Å². The molecule has 2 saturated carbocycles. The lowest BCUT2D eigenvalue weighted by Gasteiger charge is -2.35. The number of alkyl halides is 3. The Hall–Kier alpha value is -2.09. The summed E-state index contributed by atoms with van der Waals surface area (Å²) in [6.45, 7) is 4.17. The van der Waals surface area contributed by atoms with Gasteiger partial charge in [-0.3, -0.25) is 0 Å². The zero-order chi connectivity index (χ0) is 20.1. The Morgan fingerprint density at radius 1 is 1.18 bits per heavy atom. The van der Waals surface area contributed by atoms with E-state index in [2.05, 4.69) is 34.5 Å². The van der Waals surface area contributed by atoms with Crippen LogP contribution in [0.1, 0.15) is 50.9 Å². The average molecular weight is 393 g/mol. The van der Waals surface area contributed by atoms with Crippen LogP contribution in [0.3, 0.4) is 0 Å². The van der Waals surface area contributed by atoms with E-state index in [4.69, 9.17) is 5.73 Å². The Labute approximate surface area is 162 Å². The van der Waals surface area contributed by atoms with Gasteiger partial charge in [-0.15, -0.1) is 0 Å². The van der Waals surface area contributed by atoms with E-state index in [1.54, 1.807) is 0 Å². The maximum Gasteiger partial charge on any atom is 0.433 e. The van der Waals surface area contributed by atoms with Crippen LogP contribution in [-0.2, 0) is 6.18 Å². The Morgan fingerprint density at radius 2 is 1.86 bits per heavy atom. The first kappa shape index (κ1) is 19.2. The molecule has 3 atom stereocenters. The van der Waals surface area contributed by atoms with E-state index in [-0.39, 0.29) is 23.5 Å². The summed E-state index contributed by atoms with van der Waals surface area (Å²) in [6.07, 6.45) is 1.95. The van der Waals surface area contributed by atoms with Gasteiger partial charge in [-0.25, -0.2) is 9.98 Å². The number of nitrogens with two attached hydrogens (primary N) is 1. The normalized spacial score (nSPS) is 27.4. The summed E-state index contributed by atoms with van der Waals surface area (Å²) in [7, 11) is 0. The number of aliphatic imine (C=N–C) groups is 1. The van der Waals surface area contributed by atoms with Gasteiger partial charge in [0.2, 0.25) is 0 Å². The molecular formula is C20H26F3N5. The zero-order valence-electron chi connectivity index (χ0n) is 16.1. The van der Waals surface area contributed by atoms with Gasteiger partial charge in [0.1, 0.15) is 22.9 Å². The highest BCUT2D eigenvalue weighted by Crippen LogP contribution is 2.43. The van der Waals surface area contributed by atoms with Crippen molar-refractivity contribution in [1.29, 1.82) is 0 Å². The van der Waals surface area contributed by atoms with Crippen LogP contribution in [0.4, 0.5) is 13.2 Å². The molecule has 2 heterocycles. The lowest BCUT2D eigenvalue weighted by molar-refractivity contribution is -0.141. The molecule has 5 nitrogen and oxygen atoms in total. The van der Waals surface area contributed by atoms with E-state index in [0.29, 0.717) is 17.7 Å². The molecule has 0 aromatic carbocycles. The number of nitrogens with one attached hydrogen (secondary N) is 2. The summed E-state index contributed by atoms with van der Waals surface area (Å²) in [5.74, 6) is 2.15. The third-order valence-corrected chi connectivity index (χ3v) is 5.99. The van der Waals surface area contributed by atoms with Gasteiger partial charge in [-0.05, 0) is 62.7 Å². The highest BCUT2D eigenvalue weighted by atomic mass is 19.4. The summed E-state index contributed by atoms with van der Waals surface area (Å²) >= 11 is 0. The molecular weight excluding hydrogens is 367 g/mol. The van der Waals surface area contributed by atoms with Crippen molar-refractivity contribution >= 4 is 5.84 Å². The molecule has 2 fully saturated rings. The van der Waals surface area contributed by atoms with Gasteiger partial charge in [0.25, 0.3) is 0 Å². The minimum atomic E-state index is -4.51. The third-order valence-electron chi connectivity index (χ3n) is 5.99. The Morgan fingerprint density at radius 3 is 2.46 bits per heavy atom. The molecule has 1 aromatic rings. The SMILES string of the molecule is C[C@H](NC1=CC(N)([C@@H](C)C2CC2)N=C(c2cccc(C(F)(F)F)n2)N1)C1CC1. The first-order chi connectivity index (χ1) is 13.2. The van der Waals surface area contributed by atoms with Crippen molar-refractivity contribution < 1.29 is 13.2 Å². The predicted octanol–water partition coefficient (Wildman–Crippen LogP) is 3.38. The molecule has 28 heavy (non-hydrogen) atoms. The predicted molar refractivity (Wildman–Crippen MR) is 101 cm³/mol. The van der Waals surface area contributed by atoms with E-state index in [1.165, 1.54) is 25.0 Å². The first-order valence-electron chi connectivity index (χ1n) is 9.85. The summed E-state index contributed by atoms with van der Waals surface area (Å²) in [5.41, 5.74) is 4.87. The van der Waals surface area contributed by atoms with Crippen LogP contribution < -0.4 is 16.4 Å². The Balaban J connectivity index is 1.66. The third kappa shape index (κ3) is 4.01. The molecule has 2 aliphatic carbocycles. The standard InChI is InChI=1S/C20H26F3N5/c1-11(13-6-7-13)19(24)10-17(25-12(2)14-8-9-14)27-18(28-19)15-4-3-5-16(26-15)20(21,22)23/h3-5,10-14,25H,6-9,24H2,1-2H3,(H,27,28)/t11-,12-,19?/m0/s1. The molecule has 0 amide bonds. The van der Waals surface area contributed by atoms with Gasteiger partial charge in [0.05, 0.1) is 0 Å². The topological polar surface area (TPSA) is 75.3 Å². The molecule has 1 aromatic heterocycles. The molecule has 0 bridgehead atoms. The van der Waals surface area contributed by atoms with Crippen LogP contribution in [0.2, 0.25) is 0 Å². The molecule has 8 heteroatoms. The number of rotatable bonds is 6. The number of hydrogen-bond acceptors (Lipinski definition) is 5. The Kier molecular flexibility index (Phi) is 4.64. The number of hydrogen-bond donors (Lipinski definition) is 3. The van der Waals surface area contributed by atoms with Crippen molar-refractivity contribution in [3.8, 4) is 0 Å². The van der Waals surface area contributed by atoms with E-state index in [0.717, 1.165) is 18.9 Å². The van der Waals surface area contributed by atoms with Crippen LogP contribution in [0.25, 0.3) is 0 Å². The van der Waals surface area contributed by atoms with Gasteiger partial charge in [-0.1, -0.05) is 13.0 Å². The van der Waals surface area contributed by atoms with Gasteiger partial charge >= 0.3 is 6.18 Å². The quantitative estimate of drug-likeness (QED) is 0.693. The maximum atomic E-state index is 13.1. The smallest absolute Gasteiger partial charge is 0.369 e. The lowest BCUT2D eigenvalue weighted by atomic mass is 9.89. The highest BCUT2D eigenvalue weighted by Gasteiger charge is 2.43. The fourth-order valence-corrected chi connectivity index (χ4v) is 3.74. The van der Waals surface area contributed by atoms with E-state index >= 15 is 0 Å². The second-order valence-corrected chi connectivity index (χ2v) is 8.33. The number of pyridine rings is 1. The molecule has 152 valence electrons. The zero-order valence-corrected chi connectivity index (χ0v) is 16.1. The molecule has 1 aliphatic heterocycles. The minimum absolute atomic E-state index is 0.0865. The van der Waals surface area contributed by atoms with Gasteiger partial charge < -0.3 is 16.4 Å². The van der Waals surface area contributed by atoms with Crippen LogP contribution in [0.5, 0.6) is 0 Å². The summed E-state index contributed by atoms with van der Waals surface area (Å²) in [4.78, 5) is 8.41. The number of halogens is 3. The molecule has 4 rings (SSSR count). The van der Waals surface area contributed by atoms with Crippen molar-refractivity contribution in [3.05, 3.63) is 41.5 Å².